The molecule has 0 spiro atoms. The number of fused-ring (bicyclic) bond motifs is 6. The molecule has 5 heteroatoms. The van der Waals surface area contributed by atoms with E-state index in [0.717, 1.165) is 50.7 Å². The first-order valence-electron chi connectivity index (χ1n) is 15.8. The average Bonchev–Trinajstić information content (AvgIpc) is 3.36. The molecule has 2 heterocycles. The molecular formula is C42H33N3O2. The third-order valence-corrected chi connectivity index (χ3v) is 9.10. The Morgan fingerprint density at radius 3 is 2.21 bits per heavy atom. The van der Waals surface area contributed by atoms with Crippen LogP contribution in [0.3, 0.4) is 0 Å². The minimum Gasteiger partial charge on any atom is -0.449 e. The molecule has 1 aliphatic carbocycles. The number of nitrogens with two attached hydrogens (primary N) is 1. The van der Waals surface area contributed by atoms with Crippen molar-refractivity contribution in [2.45, 2.75) is 25.7 Å². The van der Waals surface area contributed by atoms with E-state index < -0.39 is 0 Å². The molecule has 5 aromatic carbocycles. The van der Waals surface area contributed by atoms with Gasteiger partial charge in [0.1, 0.15) is 5.84 Å². The van der Waals surface area contributed by atoms with Gasteiger partial charge in [-0.15, -0.1) is 0 Å². The lowest BCUT2D eigenvalue weighted by atomic mass is 9.82. The van der Waals surface area contributed by atoms with Crippen LogP contribution in [0.25, 0.3) is 28.0 Å². The number of aliphatic imine (C=N–C) groups is 1. The minimum absolute atomic E-state index is 0.116. The summed E-state index contributed by atoms with van der Waals surface area (Å²) in [6.45, 7) is 4.54. The molecule has 1 aliphatic heterocycles. The van der Waals surface area contributed by atoms with Gasteiger partial charge in [0.2, 0.25) is 0 Å². The summed E-state index contributed by atoms with van der Waals surface area (Å²) in [6, 6.07) is 42.9. The van der Waals surface area contributed by atoms with Gasteiger partial charge in [-0.05, 0) is 52.1 Å². The summed E-state index contributed by atoms with van der Waals surface area (Å²) >= 11 is 0. The van der Waals surface area contributed by atoms with Crippen LogP contribution in [0.5, 0.6) is 23.0 Å². The van der Waals surface area contributed by atoms with Gasteiger partial charge in [-0.25, -0.2) is 4.99 Å². The maximum absolute atomic E-state index is 6.68. The number of hydrogen-bond acceptors (Lipinski definition) is 4. The van der Waals surface area contributed by atoms with Gasteiger partial charge in [0.15, 0.2) is 23.0 Å². The molecule has 1 aromatic heterocycles. The number of allylic oxidation sites excluding steroid dienone is 1. The fourth-order valence-corrected chi connectivity index (χ4v) is 6.65. The molecule has 0 radical (unpaired) electrons. The summed E-state index contributed by atoms with van der Waals surface area (Å²) in [6.07, 6.45) is 4.51. The van der Waals surface area contributed by atoms with Crippen LogP contribution < -0.4 is 15.2 Å². The topological polar surface area (TPSA) is 69.7 Å². The first-order chi connectivity index (χ1) is 23.0. The van der Waals surface area contributed by atoms with Crippen LogP contribution in [0, 0.1) is 0 Å². The second-order valence-electron chi connectivity index (χ2n) is 12.4. The Balaban J connectivity index is 1.14. The lowest BCUT2D eigenvalue weighted by molar-refractivity contribution is 0.361. The van der Waals surface area contributed by atoms with Crippen LogP contribution in [0.4, 0.5) is 0 Å². The van der Waals surface area contributed by atoms with Gasteiger partial charge in [-0.2, -0.15) is 0 Å². The molecule has 2 aliphatic rings. The van der Waals surface area contributed by atoms with Crippen LogP contribution in [-0.4, -0.2) is 10.8 Å². The summed E-state index contributed by atoms with van der Waals surface area (Å²) < 4.78 is 13.3. The maximum atomic E-state index is 6.68. The van der Waals surface area contributed by atoms with Crippen molar-refractivity contribution in [2.75, 3.05) is 0 Å². The number of nitrogens with zero attached hydrogens (tertiary/aromatic N) is 2. The Labute approximate surface area is 274 Å². The predicted molar refractivity (Wildman–Crippen MR) is 189 cm³/mol. The molecule has 0 amide bonds. The molecule has 8 rings (SSSR count). The van der Waals surface area contributed by atoms with Gasteiger partial charge in [-0.1, -0.05) is 123 Å². The minimum atomic E-state index is -0.116. The van der Waals surface area contributed by atoms with Crippen molar-refractivity contribution in [3.05, 3.63) is 168 Å². The van der Waals surface area contributed by atoms with Gasteiger partial charge in [0.05, 0.1) is 5.70 Å². The van der Waals surface area contributed by atoms with Crippen molar-refractivity contribution >= 4 is 11.5 Å². The van der Waals surface area contributed by atoms with E-state index in [4.69, 9.17) is 20.2 Å². The van der Waals surface area contributed by atoms with E-state index in [0.29, 0.717) is 23.8 Å². The number of pyridine rings is 1. The summed E-state index contributed by atoms with van der Waals surface area (Å²) in [4.78, 5) is 9.35. The number of para-hydroxylation sites is 1. The van der Waals surface area contributed by atoms with Gasteiger partial charge >= 0.3 is 0 Å². The van der Waals surface area contributed by atoms with Crippen molar-refractivity contribution in [2.24, 2.45) is 10.7 Å². The Bertz CT molecular complexity index is 2180. The number of rotatable bonds is 6. The largest absolute Gasteiger partial charge is 0.449 e. The zero-order chi connectivity index (χ0) is 32.0. The Kier molecular flexibility index (Phi) is 6.95. The van der Waals surface area contributed by atoms with Crippen LogP contribution in [-0.2, 0) is 11.8 Å². The smallest absolute Gasteiger partial charge is 0.178 e. The van der Waals surface area contributed by atoms with E-state index in [1.807, 2.05) is 66.7 Å². The lowest BCUT2D eigenvalue weighted by Gasteiger charge is -2.26. The molecule has 0 bridgehead atoms. The number of benzene rings is 5. The SMILES string of the molecule is CC1(C)c2ccccc2-c2c1ccc1c2Oc2cccc(-c3ccc(/C(=C/Cc4ccccn4)N=C(N)c4ccccc4)cc3)c2O1. The van der Waals surface area contributed by atoms with Crippen molar-refractivity contribution in [3.8, 4) is 45.3 Å². The van der Waals surface area contributed by atoms with Gasteiger partial charge < -0.3 is 15.2 Å². The van der Waals surface area contributed by atoms with Gasteiger partial charge in [-0.3, -0.25) is 4.98 Å². The van der Waals surface area contributed by atoms with E-state index >= 15 is 0 Å². The molecule has 0 saturated heterocycles. The third-order valence-electron chi connectivity index (χ3n) is 9.10. The highest BCUT2D eigenvalue weighted by atomic mass is 16.6. The molecule has 6 aromatic rings. The van der Waals surface area contributed by atoms with Crippen molar-refractivity contribution in [1.82, 2.24) is 4.98 Å². The van der Waals surface area contributed by atoms with Gasteiger partial charge in [0.25, 0.3) is 0 Å². The predicted octanol–water partition coefficient (Wildman–Crippen LogP) is 9.94. The fourth-order valence-electron chi connectivity index (χ4n) is 6.65. The highest BCUT2D eigenvalue weighted by Crippen LogP contribution is 2.59. The number of ether oxygens (including phenoxy) is 2. The van der Waals surface area contributed by atoms with Crippen molar-refractivity contribution < 1.29 is 9.47 Å². The summed E-state index contributed by atoms with van der Waals surface area (Å²) in [7, 11) is 0. The molecule has 5 nitrogen and oxygen atoms in total. The van der Waals surface area contributed by atoms with Crippen molar-refractivity contribution in [3.63, 3.8) is 0 Å². The standard InChI is InChI=1S/C42H33N3O2/c1-42(2)33-16-7-6-14-32(33)38-34(42)23-25-37-40(38)47-36-17-10-15-31(39(36)46-37)27-18-20-28(21-19-27)35(24-22-30-13-8-9-26-44-30)45-41(43)29-11-4-3-5-12-29/h3-21,23-26H,22H2,1-2H3,(H2,43,45)/b35-24-. The summed E-state index contributed by atoms with van der Waals surface area (Å²) in [5.41, 5.74) is 16.8. The van der Waals surface area contributed by atoms with E-state index in [1.54, 1.807) is 6.20 Å². The first kappa shape index (κ1) is 28.5. The number of aromatic nitrogens is 1. The monoisotopic (exact) mass is 611 g/mol. The summed E-state index contributed by atoms with van der Waals surface area (Å²) in [5, 5.41) is 0. The van der Waals surface area contributed by atoms with Crippen LogP contribution >= 0.6 is 0 Å². The summed E-state index contributed by atoms with van der Waals surface area (Å²) in [5.74, 6) is 3.36. The molecule has 228 valence electrons. The van der Waals surface area contributed by atoms with Crippen LogP contribution in [0.15, 0.2) is 145 Å². The van der Waals surface area contributed by atoms with E-state index in [1.165, 1.54) is 16.7 Å². The molecule has 0 unspecified atom stereocenters. The third kappa shape index (κ3) is 5.06. The molecule has 47 heavy (non-hydrogen) atoms. The zero-order valence-corrected chi connectivity index (χ0v) is 26.3. The molecule has 2 N–H and O–H groups in total. The van der Waals surface area contributed by atoms with Crippen LogP contribution in [0.1, 0.15) is 41.8 Å². The number of hydrogen-bond donors (Lipinski definition) is 1. The lowest BCUT2D eigenvalue weighted by Crippen LogP contribution is -2.15. The Hall–Kier alpha value is -5.94. The van der Waals surface area contributed by atoms with E-state index in [9.17, 15) is 0 Å². The van der Waals surface area contributed by atoms with E-state index in [-0.39, 0.29) is 5.41 Å². The first-order valence-corrected chi connectivity index (χ1v) is 15.8. The Morgan fingerprint density at radius 1 is 0.681 bits per heavy atom. The van der Waals surface area contributed by atoms with E-state index in [2.05, 4.69) is 85.6 Å². The normalized spacial score (nSPS) is 14.3. The maximum Gasteiger partial charge on any atom is 0.178 e. The molecule has 0 fully saturated rings. The highest BCUT2D eigenvalue weighted by molar-refractivity contribution is 6.00. The molecule has 0 saturated carbocycles. The average molecular weight is 612 g/mol. The second-order valence-corrected chi connectivity index (χ2v) is 12.4. The van der Waals surface area contributed by atoms with Crippen LogP contribution in [0.2, 0.25) is 0 Å². The van der Waals surface area contributed by atoms with Gasteiger partial charge in [0, 0.05) is 40.4 Å². The molecule has 0 atom stereocenters. The second kappa shape index (κ2) is 11.5. The number of amidine groups is 1. The van der Waals surface area contributed by atoms with Crippen molar-refractivity contribution in [1.29, 1.82) is 0 Å². The fraction of sp³-hybridized carbons (Fsp3) is 0.0952. The zero-order valence-electron chi connectivity index (χ0n) is 26.3. The quantitative estimate of drug-likeness (QED) is 0.150. The highest BCUT2D eigenvalue weighted by Gasteiger charge is 2.39. The Morgan fingerprint density at radius 2 is 1.40 bits per heavy atom. The molecular weight excluding hydrogens is 578 g/mol.